The summed E-state index contributed by atoms with van der Waals surface area (Å²) in [5.74, 6) is 1.71. The van der Waals surface area contributed by atoms with E-state index in [0.717, 1.165) is 28.3 Å². The molecule has 0 aliphatic carbocycles. The molecule has 2 aromatic rings. The molecular weight excluding hydrogens is 358 g/mol. The van der Waals surface area contributed by atoms with Gasteiger partial charge < -0.3 is 10.5 Å². The Bertz CT molecular complexity index is 790. The van der Waals surface area contributed by atoms with Crippen LogP contribution in [0, 0.1) is 0 Å². The zero-order chi connectivity index (χ0) is 19.8. The van der Waals surface area contributed by atoms with E-state index in [0.29, 0.717) is 18.5 Å². The minimum absolute atomic E-state index is 0.00338. The average Bonchev–Trinajstić information content (AvgIpc) is 3.13. The monoisotopic (exact) mass is 385 g/mol. The van der Waals surface area contributed by atoms with E-state index in [2.05, 4.69) is 17.7 Å². The SMILES string of the molecule is CCC(=O)N1N=C(c2ccc(N)cc2)CC1c1ccccc1OC.CCS. The summed E-state index contributed by atoms with van der Waals surface area (Å²) in [5, 5.41) is 6.18. The summed E-state index contributed by atoms with van der Waals surface area (Å²) in [6.07, 6.45) is 1.06. The van der Waals surface area contributed by atoms with E-state index in [1.54, 1.807) is 12.1 Å². The van der Waals surface area contributed by atoms with Crippen molar-refractivity contribution in [3.63, 3.8) is 0 Å². The number of anilines is 1. The molecule has 2 N–H and O–H groups in total. The number of carbonyl (C=O) groups excluding carboxylic acids is 1. The Labute approximate surface area is 166 Å². The standard InChI is InChI=1S/C19H21N3O2.C2H6S/c1-3-19(23)22-17(15-6-4-5-7-18(15)24-2)12-16(21-22)13-8-10-14(20)11-9-13;1-2-3/h4-11,17H,3,12,20H2,1-2H3;3H,2H2,1H3. The number of para-hydroxylation sites is 1. The molecule has 3 rings (SSSR count). The van der Waals surface area contributed by atoms with E-state index in [-0.39, 0.29) is 11.9 Å². The van der Waals surface area contributed by atoms with Crippen LogP contribution in [0.4, 0.5) is 5.69 Å². The second-order valence-corrected chi connectivity index (χ2v) is 6.67. The molecule has 0 saturated heterocycles. The second kappa shape index (κ2) is 10.0. The summed E-state index contributed by atoms with van der Waals surface area (Å²) in [6.45, 7) is 3.83. The number of carbonyl (C=O) groups is 1. The van der Waals surface area contributed by atoms with Gasteiger partial charge in [-0.15, -0.1) is 0 Å². The van der Waals surface area contributed by atoms with E-state index < -0.39 is 0 Å². The molecule has 0 fully saturated rings. The number of thiol groups is 1. The molecule has 0 radical (unpaired) electrons. The summed E-state index contributed by atoms with van der Waals surface area (Å²) in [7, 11) is 1.64. The lowest BCUT2D eigenvalue weighted by Gasteiger charge is -2.23. The summed E-state index contributed by atoms with van der Waals surface area (Å²) in [5.41, 5.74) is 9.30. The van der Waals surface area contributed by atoms with Crippen LogP contribution in [0.5, 0.6) is 5.75 Å². The van der Waals surface area contributed by atoms with Gasteiger partial charge in [-0.3, -0.25) is 4.79 Å². The van der Waals surface area contributed by atoms with Crippen molar-refractivity contribution >= 4 is 29.9 Å². The Kier molecular flexibility index (Phi) is 7.73. The number of nitrogens with two attached hydrogens (primary N) is 1. The molecule has 1 unspecified atom stereocenters. The molecule has 144 valence electrons. The Morgan fingerprint density at radius 3 is 2.44 bits per heavy atom. The number of nitrogen functional groups attached to an aromatic ring is 1. The summed E-state index contributed by atoms with van der Waals surface area (Å²) in [4.78, 5) is 12.4. The number of hydrogen-bond acceptors (Lipinski definition) is 5. The number of hydrogen-bond donors (Lipinski definition) is 2. The third-order valence-electron chi connectivity index (χ3n) is 4.21. The smallest absolute Gasteiger partial charge is 0.242 e. The van der Waals surface area contributed by atoms with E-state index in [9.17, 15) is 4.79 Å². The van der Waals surface area contributed by atoms with Crippen LogP contribution in [0.25, 0.3) is 0 Å². The van der Waals surface area contributed by atoms with Gasteiger partial charge in [0.1, 0.15) is 5.75 Å². The van der Waals surface area contributed by atoms with Gasteiger partial charge in [-0.25, -0.2) is 5.01 Å². The molecule has 0 aromatic heterocycles. The first-order valence-electron chi connectivity index (χ1n) is 9.04. The molecule has 1 aliphatic rings. The molecule has 0 bridgehead atoms. The van der Waals surface area contributed by atoms with Gasteiger partial charge in [-0.2, -0.15) is 17.7 Å². The molecule has 1 heterocycles. The van der Waals surface area contributed by atoms with Crippen LogP contribution in [-0.4, -0.2) is 29.5 Å². The van der Waals surface area contributed by atoms with E-state index >= 15 is 0 Å². The highest BCUT2D eigenvalue weighted by Crippen LogP contribution is 2.37. The van der Waals surface area contributed by atoms with Crippen LogP contribution in [0.3, 0.4) is 0 Å². The topological polar surface area (TPSA) is 67.9 Å². The highest BCUT2D eigenvalue weighted by atomic mass is 32.1. The summed E-state index contributed by atoms with van der Waals surface area (Å²) < 4.78 is 5.47. The maximum atomic E-state index is 12.4. The minimum Gasteiger partial charge on any atom is -0.496 e. The number of ether oxygens (including phenoxy) is 1. The van der Waals surface area contributed by atoms with Crippen LogP contribution in [-0.2, 0) is 4.79 Å². The summed E-state index contributed by atoms with van der Waals surface area (Å²) >= 11 is 3.79. The maximum Gasteiger partial charge on any atom is 0.242 e. The third kappa shape index (κ3) is 5.04. The first-order chi connectivity index (χ1) is 13.0. The summed E-state index contributed by atoms with van der Waals surface area (Å²) in [6, 6.07) is 15.2. The largest absolute Gasteiger partial charge is 0.496 e. The highest BCUT2D eigenvalue weighted by molar-refractivity contribution is 7.80. The molecular formula is C21H27N3O2S. The van der Waals surface area contributed by atoms with Crippen molar-refractivity contribution in [1.82, 2.24) is 5.01 Å². The van der Waals surface area contributed by atoms with Crippen molar-refractivity contribution in [2.45, 2.75) is 32.7 Å². The number of benzene rings is 2. The van der Waals surface area contributed by atoms with Crippen molar-refractivity contribution in [2.75, 3.05) is 18.6 Å². The van der Waals surface area contributed by atoms with Crippen LogP contribution < -0.4 is 10.5 Å². The fraction of sp³-hybridized carbons (Fsp3) is 0.333. The van der Waals surface area contributed by atoms with Gasteiger partial charge in [0, 0.05) is 24.1 Å². The molecule has 0 saturated carbocycles. The molecule has 1 atom stereocenters. The van der Waals surface area contributed by atoms with Gasteiger partial charge in [-0.05, 0) is 29.5 Å². The van der Waals surface area contributed by atoms with Gasteiger partial charge in [0.15, 0.2) is 0 Å². The molecule has 0 spiro atoms. The Balaban J connectivity index is 0.000000817. The molecule has 1 aliphatic heterocycles. The van der Waals surface area contributed by atoms with E-state index in [4.69, 9.17) is 10.5 Å². The van der Waals surface area contributed by atoms with E-state index in [1.165, 1.54) is 0 Å². The van der Waals surface area contributed by atoms with Gasteiger partial charge in [0.25, 0.3) is 0 Å². The lowest BCUT2D eigenvalue weighted by Crippen LogP contribution is -2.26. The van der Waals surface area contributed by atoms with E-state index in [1.807, 2.05) is 62.4 Å². The van der Waals surface area contributed by atoms with Crippen molar-refractivity contribution in [2.24, 2.45) is 5.10 Å². The van der Waals surface area contributed by atoms with Crippen LogP contribution in [0.1, 0.15) is 43.9 Å². The second-order valence-electron chi connectivity index (χ2n) is 6.04. The van der Waals surface area contributed by atoms with Gasteiger partial charge in [-0.1, -0.05) is 44.2 Å². The average molecular weight is 386 g/mol. The Morgan fingerprint density at radius 1 is 1.22 bits per heavy atom. The zero-order valence-electron chi connectivity index (χ0n) is 16.1. The lowest BCUT2D eigenvalue weighted by molar-refractivity contribution is -0.132. The molecule has 2 aromatic carbocycles. The normalized spacial score (nSPS) is 15.6. The number of amides is 1. The number of nitrogens with zero attached hydrogens (tertiary/aromatic N) is 2. The highest BCUT2D eigenvalue weighted by Gasteiger charge is 2.33. The molecule has 27 heavy (non-hydrogen) atoms. The van der Waals surface area contributed by atoms with Crippen LogP contribution in [0.2, 0.25) is 0 Å². The predicted molar refractivity (Wildman–Crippen MR) is 114 cm³/mol. The van der Waals surface area contributed by atoms with Crippen molar-refractivity contribution in [3.05, 3.63) is 59.7 Å². The van der Waals surface area contributed by atoms with Crippen molar-refractivity contribution in [3.8, 4) is 5.75 Å². The fourth-order valence-corrected chi connectivity index (χ4v) is 2.94. The fourth-order valence-electron chi connectivity index (χ4n) is 2.94. The molecule has 1 amide bonds. The quantitative estimate of drug-likeness (QED) is 0.609. The van der Waals surface area contributed by atoms with Crippen LogP contribution >= 0.6 is 12.6 Å². The first kappa shape index (κ1) is 20.8. The molecule has 6 heteroatoms. The van der Waals surface area contributed by atoms with Gasteiger partial charge in [0.2, 0.25) is 5.91 Å². The van der Waals surface area contributed by atoms with Crippen LogP contribution in [0.15, 0.2) is 53.6 Å². The first-order valence-corrected chi connectivity index (χ1v) is 9.68. The Hall–Kier alpha value is -2.47. The Morgan fingerprint density at radius 2 is 1.85 bits per heavy atom. The third-order valence-corrected chi connectivity index (χ3v) is 4.21. The lowest BCUT2D eigenvalue weighted by atomic mass is 9.97. The molecule has 5 nitrogen and oxygen atoms in total. The number of rotatable bonds is 4. The minimum atomic E-state index is -0.152. The van der Waals surface area contributed by atoms with Crippen molar-refractivity contribution < 1.29 is 9.53 Å². The van der Waals surface area contributed by atoms with Gasteiger partial charge in [0.05, 0.1) is 18.9 Å². The van der Waals surface area contributed by atoms with Crippen molar-refractivity contribution in [1.29, 1.82) is 0 Å². The van der Waals surface area contributed by atoms with Gasteiger partial charge >= 0.3 is 0 Å². The maximum absolute atomic E-state index is 12.4. The zero-order valence-corrected chi connectivity index (χ0v) is 16.9. The number of hydrazone groups is 1. The predicted octanol–water partition coefficient (Wildman–Crippen LogP) is 4.30. The number of methoxy groups -OCH3 is 1.